The molecule has 2 aromatic carbocycles. The molecule has 1 unspecified atom stereocenters. The molecule has 0 aliphatic carbocycles. The third-order valence-corrected chi connectivity index (χ3v) is 5.51. The molecular formula is C22H23N3O4. The van der Waals surface area contributed by atoms with Crippen molar-refractivity contribution < 1.29 is 19.0 Å². The maximum absolute atomic E-state index is 12.8. The molecule has 1 amide bonds. The van der Waals surface area contributed by atoms with Gasteiger partial charge in [0.2, 0.25) is 12.7 Å². The Morgan fingerprint density at radius 2 is 2.03 bits per heavy atom. The fourth-order valence-electron chi connectivity index (χ4n) is 4.12. The maximum Gasteiger partial charge on any atom is 0.231 e. The molecule has 0 saturated carbocycles. The van der Waals surface area contributed by atoms with Crippen molar-refractivity contribution in [3.63, 3.8) is 0 Å². The molecule has 1 aromatic heterocycles. The quantitative estimate of drug-likeness (QED) is 0.601. The number of nitrogens with zero attached hydrogens (tertiary/aromatic N) is 3. The van der Waals surface area contributed by atoms with Crippen molar-refractivity contribution in [2.75, 3.05) is 31.5 Å². The van der Waals surface area contributed by atoms with E-state index >= 15 is 0 Å². The first kappa shape index (κ1) is 18.0. The predicted molar refractivity (Wildman–Crippen MR) is 109 cm³/mol. The molecule has 2 aliphatic heterocycles. The number of aromatic nitrogens is 2. The number of amides is 1. The fraction of sp³-hybridized carbons (Fsp3) is 0.364. The molecule has 0 bridgehead atoms. The van der Waals surface area contributed by atoms with E-state index in [0.717, 1.165) is 34.8 Å². The first-order valence-electron chi connectivity index (χ1n) is 9.97. The predicted octanol–water partition coefficient (Wildman–Crippen LogP) is 3.32. The lowest BCUT2D eigenvalue weighted by molar-refractivity contribution is -0.117. The normalized spacial score (nSPS) is 18.2. The summed E-state index contributed by atoms with van der Waals surface area (Å²) < 4.78 is 18.6. The molecule has 7 nitrogen and oxygen atoms in total. The molecule has 7 heteroatoms. The van der Waals surface area contributed by atoms with Crippen molar-refractivity contribution in [1.29, 1.82) is 0 Å². The lowest BCUT2D eigenvalue weighted by Crippen LogP contribution is -2.24. The summed E-state index contributed by atoms with van der Waals surface area (Å²) in [6.07, 6.45) is 0.437. The van der Waals surface area contributed by atoms with Gasteiger partial charge in [-0.2, -0.15) is 0 Å². The summed E-state index contributed by atoms with van der Waals surface area (Å²) in [5.41, 5.74) is 2.86. The van der Waals surface area contributed by atoms with Gasteiger partial charge in [0.1, 0.15) is 5.82 Å². The van der Waals surface area contributed by atoms with Gasteiger partial charge in [0.15, 0.2) is 11.5 Å². The average molecular weight is 393 g/mol. The highest BCUT2D eigenvalue weighted by Crippen LogP contribution is 2.39. The zero-order valence-corrected chi connectivity index (χ0v) is 16.3. The van der Waals surface area contributed by atoms with Crippen LogP contribution in [-0.4, -0.2) is 42.0 Å². The van der Waals surface area contributed by atoms with Gasteiger partial charge >= 0.3 is 0 Å². The van der Waals surface area contributed by atoms with E-state index < -0.39 is 0 Å². The highest BCUT2D eigenvalue weighted by molar-refractivity contribution is 5.97. The molecule has 0 spiro atoms. The Hall–Kier alpha value is -3.06. The number of fused-ring (bicyclic) bond motifs is 2. The van der Waals surface area contributed by atoms with Crippen LogP contribution in [0.4, 0.5) is 5.69 Å². The van der Waals surface area contributed by atoms with Crippen LogP contribution in [0.1, 0.15) is 25.1 Å². The van der Waals surface area contributed by atoms with Crippen LogP contribution in [0.3, 0.4) is 0 Å². The number of carbonyl (C=O) groups is 1. The van der Waals surface area contributed by atoms with Gasteiger partial charge in [-0.3, -0.25) is 4.79 Å². The van der Waals surface area contributed by atoms with Gasteiger partial charge in [-0.25, -0.2) is 4.98 Å². The first-order valence-corrected chi connectivity index (χ1v) is 9.97. The van der Waals surface area contributed by atoms with E-state index in [1.807, 2.05) is 48.2 Å². The first-order chi connectivity index (χ1) is 14.2. The summed E-state index contributed by atoms with van der Waals surface area (Å²) in [5.74, 6) is 2.47. The Kier molecular flexibility index (Phi) is 4.60. The monoisotopic (exact) mass is 393 g/mol. The number of para-hydroxylation sites is 2. The van der Waals surface area contributed by atoms with E-state index in [9.17, 15) is 4.79 Å². The second kappa shape index (κ2) is 7.40. The minimum Gasteiger partial charge on any atom is -0.454 e. The molecule has 0 N–H and O–H groups in total. The minimum absolute atomic E-state index is 0.0296. The van der Waals surface area contributed by atoms with Gasteiger partial charge in [0.05, 0.1) is 17.6 Å². The number of benzene rings is 2. The van der Waals surface area contributed by atoms with Gasteiger partial charge in [-0.1, -0.05) is 12.1 Å². The molecule has 5 rings (SSSR count). The molecule has 3 heterocycles. The molecule has 2 aliphatic rings. The largest absolute Gasteiger partial charge is 0.454 e. The summed E-state index contributed by atoms with van der Waals surface area (Å²) >= 11 is 0. The second-order valence-corrected chi connectivity index (χ2v) is 7.25. The number of ether oxygens (including phenoxy) is 3. The smallest absolute Gasteiger partial charge is 0.231 e. The zero-order valence-electron chi connectivity index (χ0n) is 16.3. The van der Waals surface area contributed by atoms with Crippen molar-refractivity contribution in [2.45, 2.75) is 25.8 Å². The maximum atomic E-state index is 12.8. The van der Waals surface area contributed by atoms with Crippen LogP contribution >= 0.6 is 0 Å². The Labute approximate surface area is 168 Å². The Bertz CT molecular complexity index is 1060. The van der Waals surface area contributed by atoms with Crippen LogP contribution in [0.2, 0.25) is 0 Å². The number of imidazole rings is 1. The van der Waals surface area contributed by atoms with Crippen LogP contribution in [0.15, 0.2) is 42.5 Å². The molecule has 3 aromatic rings. The van der Waals surface area contributed by atoms with Crippen LogP contribution in [0, 0.1) is 0 Å². The SMILES string of the molecule is CCOCCn1c(C2CC(=O)N(c3ccc4c(c3)OCO4)C2)nc2ccccc21. The van der Waals surface area contributed by atoms with Crippen molar-refractivity contribution in [1.82, 2.24) is 9.55 Å². The molecule has 0 radical (unpaired) electrons. The number of rotatable bonds is 6. The average Bonchev–Trinajstić information content (AvgIpc) is 3.44. The Morgan fingerprint density at radius 3 is 2.93 bits per heavy atom. The molecule has 1 saturated heterocycles. The lowest BCUT2D eigenvalue weighted by Gasteiger charge is -2.18. The molecule has 29 heavy (non-hydrogen) atoms. The molecule has 1 atom stereocenters. The zero-order chi connectivity index (χ0) is 19.8. The molecule has 1 fully saturated rings. The van der Waals surface area contributed by atoms with Crippen molar-refractivity contribution in [3.05, 3.63) is 48.3 Å². The van der Waals surface area contributed by atoms with Gasteiger partial charge < -0.3 is 23.7 Å². The molecular weight excluding hydrogens is 370 g/mol. The van der Waals surface area contributed by atoms with E-state index in [2.05, 4.69) is 10.6 Å². The van der Waals surface area contributed by atoms with Gasteiger partial charge in [0, 0.05) is 43.8 Å². The standard InChI is InChI=1S/C22H23N3O4/c1-2-27-10-9-24-18-6-4-3-5-17(18)23-22(24)15-11-21(26)25(13-15)16-7-8-19-20(12-16)29-14-28-19/h3-8,12,15H,2,9-11,13-14H2,1H3. The lowest BCUT2D eigenvalue weighted by atomic mass is 10.1. The van der Waals surface area contributed by atoms with Gasteiger partial charge in [-0.15, -0.1) is 0 Å². The second-order valence-electron chi connectivity index (χ2n) is 7.25. The number of carbonyl (C=O) groups excluding carboxylic acids is 1. The topological polar surface area (TPSA) is 65.8 Å². The summed E-state index contributed by atoms with van der Waals surface area (Å²) in [6, 6.07) is 13.7. The van der Waals surface area contributed by atoms with E-state index in [-0.39, 0.29) is 18.6 Å². The summed E-state index contributed by atoms with van der Waals surface area (Å²) in [5, 5.41) is 0. The van der Waals surface area contributed by atoms with Crippen LogP contribution in [-0.2, 0) is 16.1 Å². The Balaban J connectivity index is 1.45. The van der Waals surface area contributed by atoms with Gasteiger partial charge in [-0.05, 0) is 31.2 Å². The number of hydrogen-bond acceptors (Lipinski definition) is 5. The summed E-state index contributed by atoms with van der Waals surface area (Å²) in [4.78, 5) is 19.5. The highest BCUT2D eigenvalue weighted by atomic mass is 16.7. The van der Waals surface area contributed by atoms with E-state index in [1.54, 1.807) is 0 Å². The Morgan fingerprint density at radius 1 is 1.17 bits per heavy atom. The van der Waals surface area contributed by atoms with Crippen LogP contribution < -0.4 is 14.4 Å². The molecule has 150 valence electrons. The van der Waals surface area contributed by atoms with Crippen LogP contribution in [0.5, 0.6) is 11.5 Å². The van der Waals surface area contributed by atoms with Crippen molar-refractivity contribution in [2.24, 2.45) is 0 Å². The van der Waals surface area contributed by atoms with E-state index in [1.165, 1.54) is 0 Å². The highest BCUT2D eigenvalue weighted by Gasteiger charge is 2.35. The summed E-state index contributed by atoms with van der Waals surface area (Å²) in [6.45, 7) is 4.83. The van der Waals surface area contributed by atoms with Crippen LogP contribution in [0.25, 0.3) is 11.0 Å². The minimum atomic E-state index is 0.0296. The number of anilines is 1. The van der Waals surface area contributed by atoms with E-state index in [4.69, 9.17) is 19.2 Å². The van der Waals surface area contributed by atoms with Gasteiger partial charge in [0.25, 0.3) is 0 Å². The van der Waals surface area contributed by atoms with Crippen molar-refractivity contribution >= 4 is 22.6 Å². The number of hydrogen-bond donors (Lipinski definition) is 0. The summed E-state index contributed by atoms with van der Waals surface area (Å²) in [7, 11) is 0. The fourth-order valence-corrected chi connectivity index (χ4v) is 4.12. The van der Waals surface area contributed by atoms with E-state index in [0.29, 0.717) is 31.9 Å². The third-order valence-electron chi connectivity index (χ3n) is 5.51. The third kappa shape index (κ3) is 3.21. The van der Waals surface area contributed by atoms with Crippen molar-refractivity contribution in [3.8, 4) is 11.5 Å².